The van der Waals surface area contributed by atoms with E-state index in [1.807, 2.05) is 67.6 Å². The van der Waals surface area contributed by atoms with Crippen LogP contribution in [0.25, 0.3) is 11.0 Å². The van der Waals surface area contributed by atoms with E-state index in [1.165, 1.54) is 4.90 Å². The Balaban J connectivity index is 1.64. The van der Waals surface area contributed by atoms with Gasteiger partial charge in [0.1, 0.15) is 29.6 Å². The zero-order valence-electron chi connectivity index (χ0n) is 22.5. The van der Waals surface area contributed by atoms with E-state index >= 15 is 0 Å². The standard InChI is InChI=1S/C30H33N5O4/c1-20-15-16-27(39-3)26(17-20)35(28(36)19-34-25-14-7-6-13-24(25)32-33-34)29(21-9-8-12-23(18-21)38-2)30(37)31-22-10-4-5-11-22/h6-9,12-18,22,29H,4-5,10-11,19H2,1-3H3,(H,31,37)/t29-/m1/s1. The number of anilines is 1. The molecule has 1 fully saturated rings. The molecule has 2 amide bonds. The third-order valence-corrected chi connectivity index (χ3v) is 7.19. The van der Waals surface area contributed by atoms with Gasteiger partial charge in [0.05, 0.1) is 25.4 Å². The number of rotatable bonds is 9. The molecule has 5 rings (SSSR count). The van der Waals surface area contributed by atoms with Gasteiger partial charge in [-0.3, -0.25) is 14.5 Å². The number of benzene rings is 3. The van der Waals surface area contributed by atoms with Crippen LogP contribution in [0.4, 0.5) is 5.69 Å². The Hall–Kier alpha value is -4.40. The Bertz CT molecular complexity index is 1480. The van der Waals surface area contributed by atoms with Crippen molar-refractivity contribution in [2.45, 2.75) is 51.2 Å². The third-order valence-electron chi connectivity index (χ3n) is 7.19. The number of nitrogens with one attached hydrogen (secondary N) is 1. The molecule has 1 aliphatic carbocycles. The number of amides is 2. The van der Waals surface area contributed by atoms with Crippen molar-refractivity contribution in [3.63, 3.8) is 0 Å². The lowest BCUT2D eigenvalue weighted by Crippen LogP contribution is -2.47. The molecule has 0 saturated heterocycles. The normalized spacial score (nSPS) is 14.2. The molecule has 0 radical (unpaired) electrons. The molecule has 39 heavy (non-hydrogen) atoms. The first-order valence-electron chi connectivity index (χ1n) is 13.2. The summed E-state index contributed by atoms with van der Waals surface area (Å²) < 4.78 is 12.7. The first-order chi connectivity index (χ1) is 19.0. The molecule has 4 aromatic rings. The van der Waals surface area contributed by atoms with Gasteiger partial charge in [0.15, 0.2) is 0 Å². The number of hydrogen-bond donors (Lipinski definition) is 1. The summed E-state index contributed by atoms with van der Waals surface area (Å²) >= 11 is 0. The fourth-order valence-electron chi connectivity index (χ4n) is 5.22. The Morgan fingerprint density at radius 3 is 2.59 bits per heavy atom. The number of aromatic nitrogens is 3. The van der Waals surface area contributed by atoms with Gasteiger partial charge in [-0.05, 0) is 67.3 Å². The maximum Gasteiger partial charge on any atom is 0.249 e. The van der Waals surface area contributed by atoms with Gasteiger partial charge >= 0.3 is 0 Å². The Morgan fingerprint density at radius 2 is 1.82 bits per heavy atom. The highest BCUT2D eigenvalue weighted by molar-refractivity contribution is 6.02. The van der Waals surface area contributed by atoms with E-state index < -0.39 is 6.04 Å². The van der Waals surface area contributed by atoms with E-state index in [0.717, 1.165) is 36.8 Å². The molecule has 3 aromatic carbocycles. The Morgan fingerprint density at radius 1 is 1.03 bits per heavy atom. The number of hydrogen-bond acceptors (Lipinski definition) is 6. The van der Waals surface area contributed by atoms with Crippen molar-refractivity contribution in [2.24, 2.45) is 0 Å². The van der Waals surface area contributed by atoms with Crippen LogP contribution in [0.1, 0.15) is 42.9 Å². The summed E-state index contributed by atoms with van der Waals surface area (Å²) in [6.45, 7) is 1.82. The molecule has 1 aromatic heterocycles. The molecule has 202 valence electrons. The number of carbonyl (C=O) groups is 2. The Kier molecular flexibility index (Phi) is 7.76. The van der Waals surface area contributed by atoms with Crippen molar-refractivity contribution >= 4 is 28.5 Å². The highest BCUT2D eigenvalue weighted by Gasteiger charge is 2.36. The predicted octanol–water partition coefficient (Wildman–Crippen LogP) is 4.59. The van der Waals surface area contributed by atoms with Crippen LogP contribution in [0.5, 0.6) is 11.5 Å². The summed E-state index contributed by atoms with van der Waals surface area (Å²) in [7, 11) is 3.13. The van der Waals surface area contributed by atoms with Crippen LogP contribution in [0, 0.1) is 6.92 Å². The molecule has 9 heteroatoms. The number of carbonyl (C=O) groups excluding carboxylic acids is 2. The summed E-state index contributed by atoms with van der Waals surface area (Å²) in [5.41, 5.74) is 3.48. The van der Waals surface area contributed by atoms with Gasteiger partial charge in [0.2, 0.25) is 11.8 Å². The summed E-state index contributed by atoms with van der Waals surface area (Å²) in [5.74, 6) is 0.496. The predicted molar refractivity (Wildman–Crippen MR) is 149 cm³/mol. The van der Waals surface area contributed by atoms with Gasteiger partial charge < -0.3 is 14.8 Å². The van der Waals surface area contributed by atoms with E-state index in [4.69, 9.17) is 9.47 Å². The van der Waals surface area contributed by atoms with E-state index in [-0.39, 0.29) is 24.4 Å². The molecule has 1 atom stereocenters. The van der Waals surface area contributed by atoms with E-state index in [9.17, 15) is 9.59 Å². The van der Waals surface area contributed by atoms with E-state index in [0.29, 0.717) is 28.3 Å². The van der Waals surface area contributed by atoms with Crippen LogP contribution in [-0.4, -0.2) is 47.1 Å². The molecule has 0 spiro atoms. The monoisotopic (exact) mass is 527 g/mol. The van der Waals surface area contributed by atoms with Crippen molar-refractivity contribution in [2.75, 3.05) is 19.1 Å². The molecule has 1 heterocycles. The topological polar surface area (TPSA) is 98.6 Å². The number of para-hydroxylation sites is 1. The summed E-state index contributed by atoms with van der Waals surface area (Å²) in [6, 6.07) is 19.4. The third kappa shape index (κ3) is 5.57. The number of methoxy groups -OCH3 is 2. The molecule has 1 aliphatic rings. The van der Waals surface area contributed by atoms with E-state index in [1.54, 1.807) is 25.0 Å². The average molecular weight is 528 g/mol. The van der Waals surface area contributed by atoms with Crippen molar-refractivity contribution in [1.82, 2.24) is 20.3 Å². The van der Waals surface area contributed by atoms with Gasteiger partial charge in [-0.2, -0.15) is 0 Å². The molecule has 0 aliphatic heterocycles. The van der Waals surface area contributed by atoms with Crippen LogP contribution < -0.4 is 19.7 Å². The molecule has 0 bridgehead atoms. The van der Waals surface area contributed by atoms with Crippen LogP contribution in [-0.2, 0) is 16.1 Å². The minimum absolute atomic E-state index is 0.0706. The highest BCUT2D eigenvalue weighted by atomic mass is 16.5. The first-order valence-corrected chi connectivity index (χ1v) is 13.2. The lowest BCUT2D eigenvalue weighted by molar-refractivity contribution is -0.127. The number of aryl methyl sites for hydroxylation is 1. The van der Waals surface area contributed by atoms with Crippen molar-refractivity contribution in [1.29, 1.82) is 0 Å². The fraction of sp³-hybridized carbons (Fsp3) is 0.333. The van der Waals surface area contributed by atoms with Crippen LogP contribution in [0.2, 0.25) is 0 Å². The zero-order valence-corrected chi connectivity index (χ0v) is 22.5. The summed E-state index contributed by atoms with van der Waals surface area (Å²) in [6.07, 6.45) is 3.98. The van der Waals surface area contributed by atoms with Crippen LogP contribution in [0.15, 0.2) is 66.7 Å². The molecule has 9 nitrogen and oxygen atoms in total. The summed E-state index contributed by atoms with van der Waals surface area (Å²) in [4.78, 5) is 29.9. The van der Waals surface area contributed by atoms with E-state index in [2.05, 4.69) is 15.6 Å². The van der Waals surface area contributed by atoms with Gasteiger partial charge in [0, 0.05) is 6.04 Å². The smallest absolute Gasteiger partial charge is 0.249 e. The maximum absolute atomic E-state index is 14.3. The van der Waals surface area contributed by atoms with Gasteiger partial charge in [0.25, 0.3) is 0 Å². The fourth-order valence-corrected chi connectivity index (χ4v) is 5.22. The van der Waals surface area contributed by atoms with Crippen molar-refractivity contribution in [3.8, 4) is 11.5 Å². The number of ether oxygens (including phenoxy) is 2. The van der Waals surface area contributed by atoms with Crippen molar-refractivity contribution in [3.05, 3.63) is 77.9 Å². The van der Waals surface area contributed by atoms with Crippen molar-refractivity contribution < 1.29 is 19.1 Å². The average Bonchev–Trinajstić information content (AvgIpc) is 3.61. The minimum atomic E-state index is -0.973. The minimum Gasteiger partial charge on any atom is -0.497 e. The largest absolute Gasteiger partial charge is 0.497 e. The SMILES string of the molecule is COc1cccc([C@H](C(=O)NC2CCCC2)N(C(=O)Cn2nnc3ccccc32)c2cc(C)ccc2OC)c1. The number of nitrogens with zero attached hydrogens (tertiary/aromatic N) is 4. The molecule has 1 N–H and O–H groups in total. The van der Waals surface area contributed by atoms with Crippen LogP contribution in [0.3, 0.4) is 0 Å². The van der Waals surface area contributed by atoms with Crippen LogP contribution >= 0.6 is 0 Å². The first kappa shape index (κ1) is 26.2. The molecular formula is C30H33N5O4. The second-order valence-corrected chi connectivity index (χ2v) is 9.84. The lowest BCUT2D eigenvalue weighted by atomic mass is 10.0. The summed E-state index contributed by atoms with van der Waals surface area (Å²) in [5, 5.41) is 11.6. The zero-order chi connectivity index (χ0) is 27.4. The lowest BCUT2D eigenvalue weighted by Gasteiger charge is -2.33. The van der Waals surface area contributed by atoms with Gasteiger partial charge in [-0.15, -0.1) is 5.10 Å². The number of fused-ring (bicyclic) bond motifs is 1. The maximum atomic E-state index is 14.3. The Labute approximate surface area is 227 Å². The van der Waals surface area contributed by atoms with Gasteiger partial charge in [-0.25, -0.2) is 4.68 Å². The second kappa shape index (κ2) is 11.6. The molecule has 1 saturated carbocycles. The second-order valence-electron chi connectivity index (χ2n) is 9.84. The highest BCUT2D eigenvalue weighted by Crippen LogP contribution is 2.37. The molecular weight excluding hydrogens is 494 g/mol. The molecule has 0 unspecified atom stereocenters. The quantitative estimate of drug-likeness (QED) is 0.342. The van der Waals surface area contributed by atoms with Gasteiger partial charge in [-0.1, -0.05) is 48.4 Å².